The van der Waals surface area contributed by atoms with Crippen molar-refractivity contribution in [3.63, 3.8) is 0 Å². The summed E-state index contributed by atoms with van der Waals surface area (Å²) in [6.45, 7) is 0.412. The second-order valence-electron chi connectivity index (χ2n) is 5.56. The van der Waals surface area contributed by atoms with Gasteiger partial charge in [0.15, 0.2) is 11.6 Å². The molecule has 1 atom stereocenters. The van der Waals surface area contributed by atoms with E-state index in [1.165, 1.54) is 38.5 Å². The highest BCUT2D eigenvalue weighted by atomic mass is 35.5. The monoisotopic (exact) mass is 330 g/mol. The lowest BCUT2D eigenvalue weighted by molar-refractivity contribution is 0.0915. The van der Waals surface area contributed by atoms with Gasteiger partial charge in [-0.25, -0.2) is 4.39 Å². The van der Waals surface area contributed by atoms with E-state index in [-0.39, 0.29) is 30.1 Å². The first kappa shape index (κ1) is 18.7. The molecule has 0 saturated heterocycles. The molecule has 1 aromatic carbocycles. The Morgan fingerprint density at radius 3 is 2.64 bits per heavy atom. The number of ether oxygens (including phenoxy) is 1. The van der Waals surface area contributed by atoms with Crippen LogP contribution >= 0.6 is 12.4 Å². The summed E-state index contributed by atoms with van der Waals surface area (Å²) in [4.78, 5) is 12.2. The number of hydrogen-bond donors (Lipinski definition) is 2. The average molecular weight is 331 g/mol. The van der Waals surface area contributed by atoms with Crippen LogP contribution in [0.2, 0.25) is 0 Å². The Morgan fingerprint density at radius 2 is 2.09 bits per heavy atom. The average Bonchev–Trinajstić information content (AvgIpc) is 2.53. The zero-order chi connectivity index (χ0) is 15.2. The summed E-state index contributed by atoms with van der Waals surface area (Å²) < 4.78 is 18.5. The van der Waals surface area contributed by atoms with Crippen molar-refractivity contribution in [1.29, 1.82) is 0 Å². The van der Waals surface area contributed by atoms with Crippen LogP contribution in [0.3, 0.4) is 0 Å². The minimum atomic E-state index is -0.535. The largest absolute Gasteiger partial charge is 0.494 e. The van der Waals surface area contributed by atoms with Crippen LogP contribution in [0.4, 0.5) is 4.39 Å². The number of rotatable bonds is 5. The minimum absolute atomic E-state index is 0. The van der Waals surface area contributed by atoms with Crippen LogP contribution in [0.25, 0.3) is 0 Å². The van der Waals surface area contributed by atoms with E-state index >= 15 is 0 Å². The molecule has 6 heteroatoms. The highest BCUT2D eigenvalue weighted by Gasteiger charge is 2.24. The van der Waals surface area contributed by atoms with Crippen molar-refractivity contribution in [3.8, 4) is 5.75 Å². The molecule has 0 spiro atoms. The summed E-state index contributed by atoms with van der Waals surface area (Å²) in [7, 11) is 1.39. The number of nitrogens with two attached hydrogens (primary N) is 1. The SMILES string of the molecule is COc1ccc(C(=O)NC(CN)C2CCCCC2)cc1F.Cl. The van der Waals surface area contributed by atoms with E-state index in [0.29, 0.717) is 18.0 Å². The number of nitrogens with one attached hydrogen (secondary N) is 1. The molecule has 0 aliphatic heterocycles. The number of carbonyl (C=O) groups excluding carboxylic acids is 1. The summed E-state index contributed by atoms with van der Waals surface area (Å²) in [5, 5.41) is 2.95. The molecule has 0 aromatic heterocycles. The molecule has 2 rings (SSSR count). The number of methoxy groups -OCH3 is 1. The van der Waals surface area contributed by atoms with Gasteiger partial charge in [-0.3, -0.25) is 4.79 Å². The van der Waals surface area contributed by atoms with Crippen LogP contribution in [-0.4, -0.2) is 25.6 Å². The van der Waals surface area contributed by atoms with E-state index < -0.39 is 5.82 Å². The smallest absolute Gasteiger partial charge is 0.251 e. The molecule has 1 aliphatic rings. The lowest BCUT2D eigenvalue weighted by Crippen LogP contribution is -2.45. The zero-order valence-corrected chi connectivity index (χ0v) is 13.6. The minimum Gasteiger partial charge on any atom is -0.494 e. The number of amides is 1. The molecular formula is C16H24ClFN2O2. The van der Waals surface area contributed by atoms with Crippen LogP contribution < -0.4 is 15.8 Å². The van der Waals surface area contributed by atoms with Crippen LogP contribution in [0.1, 0.15) is 42.5 Å². The maximum atomic E-state index is 13.7. The van der Waals surface area contributed by atoms with Gasteiger partial charge in [-0.2, -0.15) is 0 Å². The van der Waals surface area contributed by atoms with Crippen molar-refractivity contribution in [3.05, 3.63) is 29.6 Å². The Labute approximate surface area is 137 Å². The number of carbonyl (C=O) groups is 1. The lowest BCUT2D eigenvalue weighted by Gasteiger charge is -2.30. The van der Waals surface area contributed by atoms with Gasteiger partial charge in [0.2, 0.25) is 0 Å². The molecule has 1 unspecified atom stereocenters. The highest BCUT2D eigenvalue weighted by Crippen LogP contribution is 2.26. The van der Waals surface area contributed by atoms with Gasteiger partial charge in [-0.05, 0) is 37.0 Å². The number of hydrogen-bond acceptors (Lipinski definition) is 3. The molecule has 1 amide bonds. The van der Waals surface area contributed by atoms with Crippen molar-refractivity contribution in [2.45, 2.75) is 38.1 Å². The maximum absolute atomic E-state index is 13.7. The van der Waals surface area contributed by atoms with Crippen molar-refractivity contribution >= 4 is 18.3 Å². The normalized spacial score (nSPS) is 16.5. The van der Waals surface area contributed by atoms with E-state index in [4.69, 9.17) is 10.5 Å². The van der Waals surface area contributed by atoms with Gasteiger partial charge in [0.25, 0.3) is 5.91 Å². The molecule has 1 saturated carbocycles. The summed E-state index contributed by atoms with van der Waals surface area (Å²) in [5.74, 6) is -0.255. The zero-order valence-electron chi connectivity index (χ0n) is 12.8. The van der Waals surface area contributed by atoms with E-state index in [9.17, 15) is 9.18 Å². The summed E-state index contributed by atoms with van der Waals surface area (Å²) in [6, 6.07) is 4.18. The molecule has 4 nitrogen and oxygen atoms in total. The van der Waals surface area contributed by atoms with Crippen molar-refractivity contribution in [1.82, 2.24) is 5.32 Å². The molecule has 124 valence electrons. The molecule has 3 N–H and O–H groups in total. The summed E-state index contributed by atoms with van der Waals surface area (Å²) >= 11 is 0. The first-order valence-electron chi connectivity index (χ1n) is 7.50. The van der Waals surface area contributed by atoms with Crippen LogP contribution in [0, 0.1) is 11.7 Å². The molecular weight excluding hydrogens is 307 g/mol. The van der Waals surface area contributed by atoms with Crippen LogP contribution in [0.5, 0.6) is 5.75 Å². The fourth-order valence-electron chi connectivity index (χ4n) is 2.97. The molecule has 22 heavy (non-hydrogen) atoms. The molecule has 1 aliphatic carbocycles. The number of halogens is 2. The third kappa shape index (κ3) is 4.58. The van der Waals surface area contributed by atoms with Gasteiger partial charge >= 0.3 is 0 Å². The summed E-state index contributed by atoms with van der Waals surface area (Å²) in [6.07, 6.45) is 5.83. The third-order valence-corrected chi connectivity index (χ3v) is 4.20. The first-order valence-corrected chi connectivity index (χ1v) is 7.50. The first-order chi connectivity index (χ1) is 10.2. The maximum Gasteiger partial charge on any atom is 0.251 e. The second-order valence-corrected chi connectivity index (χ2v) is 5.56. The predicted octanol–water partition coefficient (Wildman–Crippen LogP) is 2.89. The Balaban J connectivity index is 0.00000242. The molecule has 1 fully saturated rings. The van der Waals surface area contributed by atoms with Crippen molar-refractivity contribution in [2.24, 2.45) is 11.7 Å². The topological polar surface area (TPSA) is 64.3 Å². The van der Waals surface area contributed by atoms with Crippen molar-refractivity contribution in [2.75, 3.05) is 13.7 Å². The standard InChI is InChI=1S/C16H23FN2O2.ClH/c1-21-15-8-7-12(9-13(15)17)16(20)19-14(10-18)11-5-3-2-4-6-11;/h7-9,11,14H,2-6,10,18H2,1H3,(H,19,20);1H. The molecule has 1 aromatic rings. The third-order valence-electron chi connectivity index (χ3n) is 4.20. The predicted molar refractivity (Wildman–Crippen MR) is 87.1 cm³/mol. The van der Waals surface area contributed by atoms with Gasteiger partial charge in [-0.1, -0.05) is 19.3 Å². The second kappa shape index (κ2) is 8.96. The van der Waals surface area contributed by atoms with Crippen LogP contribution in [-0.2, 0) is 0 Å². The van der Waals surface area contributed by atoms with Gasteiger partial charge in [0, 0.05) is 18.2 Å². The van der Waals surface area contributed by atoms with E-state index in [2.05, 4.69) is 5.32 Å². The fourth-order valence-corrected chi connectivity index (χ4v) is 2.97. The van der Waals surface area contributed by atoms with Gasteiger partial charge in [0.1, 0.15) is 0 Å². The van der Waals surface area contributed by atoms with E-state index in [1.807, 2.05) is 0 Å². The Bertz CT molecular complexity index is 493. The highest BCUT2D eigenvalue weighted by molar-refractivity contribution is 5.94. The van der Waals surface area contributed by atoms with Gasteiger partial charge in [-0.15, -0.1) is 12.4 Å². The Kier molecular flexibility index (Phi) is 7.62. The number of benzene rings is 1. The quantitative estimate of drug-likeness (QED) is 0.872. The molecule has 0 radical (unpaired) electrons. The Hall–Kier alpha value is -1.33. The van der Waals surface area contributed by atoms with E-state index in [0.717, 1.165) is 12.8 Å². The fraction of sp³-hybridized carbons (Fsp3) is 0.562. The van der Waals surface area contributed by atoms with Crippen molar-refractivity contribution < 1.29 is 13.9 Å². The van der Waals surface area contributed by atoms with E-state index in [1.54, 1.807) is 6.07 Å². The molecule has 0 heterocycles. The molecule has 0 bridgehead atoms. The lowest BCUT2D eigenvalue weighted by atomic mass is 9.84. The van der Waals surface area contributed by atoms with Gasteiger partial charge in [0.05, 0.1) is 7.11 Å². The van der Waals surface area contributed by atoms with Crippen LogP contribution in [0.15, 0.2) is 18.2 Å². The summed E-state index contributed by atoms with van der Waals surface area (Å²) in [5.41, 5.74) is 6.09. The van der Waals surface area contributed by atoms with Gasteiger partial charge < -0.3 is 15.8 Å². The Morgan fingerprint density at radius 1 is 1.41 bits per heavy atom.